The number of nitrogens with one attached hydrogen (secondary N) is 2. The van der Waals surface area contributed by atoms with Crippen LogP contribution in [0.5, 0.6) is 0 Å². The summed E-state index contributed by atoms with van der Waals surface area (Å²) in [6.07, 6.45) is 1.88. The van der Waals surface area contributed by atoms with Gasteiger partial charge in [-0.3, -0.25) is 4.79 Å². The standard InChI is InChI=1S/C26H25N3O6/c30-24(28-23(25(31)32)15-6-5-7-15)22-12-16(35-29-22)13-27-26(33)34-14-21-19-10-3-1-8-17(19)18-9-2-4-11-20(18)21/h1-4,8-12,15,21,23H,5-7,13-14H2,(H,27,33)(H,28,30)(H,31,32). The van der Waals surface area contributed by atoms with Crippen molar-refractivity contribution < 1.29 is 28.8 Å². The Morgan fingerprint density at radius 1 is 1.06 bits per heavy atom. The van der Waals surface area contributed by atoms with Crippen molar-refractivity contribution in [3.05, 3.63) is 77.2 Å². The van der Waals surface area contributed by atoms with E-state index in [9.17, 15) is 19.5 Å². The first-order valence-corrected chi connectivity index (χ1v) is 11.6. The van der Waals surface area contributed by atoms with Crippen molar-refractivity contribution in [2.75, 3.05) is 6.61 Å². The van der Waals surface area contributed by atoms with Crippen LogP contribution >= 0.6 is 0 Å². The minimum Gasteiger partial charge on any atom is -0.480 e. The number of carbonyl (C=O) groups is 3. The van der Waals surface area contributed by atoms with Gasteiger partial charge in [0.1, 0.15) is 12.6 Å². The van der Waals surface area contributed by atoms with Gasteiger partial charge in [-0.15, -0.1) is 0 Å². The largest absolute Gasteiger partial charge is 0.480 e. The quantitative estimate of drug-likeness (QED) is 0.453. The number of ether oxygens (including phenoxy) is 1. The zero-order chi connectivity index (χ0) is 24.4. The van der Waals surface area contributed by atoms with E-state index in [4.69, 9.17) is 9.26 Å². The number of alkyl carbamates (subject to hydrolysis) is 1. The average Bonchev–Trinajstić information content (AvgIpc) is 3.43. The molecule has 0 aliphatic heterocycles. The van der Waals surface area contributed by atoms with Gasteiger partial charge in [-0.1, -0.05) is 60.1 Å². The molecule has 0 saturated heterocycles. The molecule has 9 nitrogen and oxygen atoms in total. The number of nitrogens with zero attached hydrogens (tertiary/aromatic N) is 1. The molecule has 9 heteroatoms. The molecule has 5 rings (SSSR count). The molecule has 2 amide bonds. The van der Waals surface area contributed by atoms with Crippen molar-refractivity contribution in [3.8, 4) is 11.1 Å². The van der Waals surface area contributed by atoms with Gasteiger partial charge in [0, 0.05) is 12.0 Å². The number of amides is 2. The van der Waals surface area contributed by atoms with Gasteiger partial charge in [-0.2, -0.15) is 0 Å². The zero-order valence-electron chi connectivity index (χ0n) is 18.9. The number of fused-ring (bicyclic) bond motifs is 3. The zero-order valence-corrected chi connectivity index (χ0v) is 18.9. The normalized spacial score (nSPS) is 15.4. The predicted molar refractivity (Wildman–Crippen MR) is 125 cm³/mol. The van der Waals surface area contributed by atoms with E-state index in [1.807, 2.05) is 36.4 Å². The third-order valence-corrected chi connectivity index (χ3v) is 6.72. The maximum Gasteiger partial charge on any atom is 0.407 e. The van der Waals surface area contributed by atoms with Gasteiger partial charge in [0.25, 0.3) is 5.91 Å². The first-order valence-electron chi connectivity index (χ1n) is 11.6. The highest BCUT2D eigenvalue weighted by atomic mass is 16.5. The van der Waals surface area contributed by atoms with Crippen LogP contribution in [0, 0.1) is 5.92 Å². The maximum absolute atomic E-state index is 12.4. The first-order chi connectivity index (χ1) is 17.0. The molecule has 3 N–H and O–H groups in total. The van der Waals surface area contributed by atoms with E-state index in [2.05, 4.69) is 27.9 Å². The Labute approximate surface area is 201 Å². The smallest absolute Gasteiger partial charge is 0.407 e. The van der Waals surface area contributed by atoms with Crippen molar-refractivity contribution in [1.29, 1.82) is 0 Å². The van der Waals surface area contributed by atoms with Crippen molar-refractivity contribution in [3.63, 3.8) is 0 Å². The summed E-state index contributed by atoms with van der Waals surface area (Å²) in [7, 11) is 0. The highest BCUT2D eigenvalue weighted by molar-refractivity contribution is 5.95. The summed E-state index contributed by atoms with van der Waals surface area (Å²) >= 11 is 0. The van der Waals surface area contributed by atoms with Gasteiger partial charge in [0.05, 0.1) is 6.54 Å². The number of carbonyl (C=O) groups excluding carboxylic acids is 2. The second-order valence-electron chi connectivity index (χ2n) is 8.84. The number of carboxylic acids is 1. The summed E-state index contributed by atoms with van der Waals surface area (Å²) in [5.74, 6) is -1.56. The van der Waals surface area contributed by atoms with E-state index in [1.165, 1.54) is 6.07 Å². The van der Waals surface area contributed by atoms with Crippen molar-refractivity contribution in [2.45, 2.75) is 37.8 Å². The molecule has 0 radical (unpaired) electrons. The molecule has 35 heavy (non-hydrogen) atoms. The fourth-order valence-corrected chi connectivity index (χ4v) is 4.68. The summed E-state index contributed by atoms with van der Waals surface area (Å²) < 4.78 is 10.6. The third-order valence-electron chi connectivity index (χ3n) is 6.72. The van der Waals surface area contributed by atoms with Crippen LogP contribution < -0.4 is 10.6 Å². The van der Waals surface area contributed by atoms with Crippen LogP contribution in [0.3, 0.4) is 0 Å². The second kappa shape index (κ2) is 9.61. The van der Waals surface area contributed by atoms with Gasteiger partial charge < -0.3 is 25.0 Å². The van der Waals surface area contributed by atoms with Crippen LogP contribution in [-0.2, 0) is 16.1 Å². The van der Waals surface area contributed by atoms with E-state index >= 15 is 0 Å². The van der Waals surface area contributed by atoms with E-state index in [-0.39, 0.29) is 36.4 Å². The Morgan fingerprint density at radius 2 is 1.71 bits per heavy atom. The minimum absolute atomic E-state index is 0.0259. The number of benzene rings is 2. The average molecular weight is 476 g/mol. The Bertz CT molecular complexity index is 1220. The lowest BCUT2D eigenvalue weighted by Crippen LogP contribution is -2.48. The first kappa shape index (κ1) is 22.6. The molecule has 3 aromatic rings. The number of hydrogen-bond donors (Lipinski definition) is 3. The highest BCUT2D eigenvalue weighted by Gasteiger charge is 2.34. The molecule has 1 unspecified atom stereocenters. The van der Waals surface area contributed by atoms with Crippen LogP contribution in [0.15, 0.2) is 59.1 Å². The predicted octanol–water partition coefficient (Wildman–Crippen LogP) is 3.70. The summed E-state index contributed by atoms with van der Waals surface area (Å²) in [5.41, 5.74) is 4.49. The molecular weight excluding hydrogens is 450 g/mol. The number of rotatable bonds is 8. The van der Waals surface area contributed by atoms with Gasteiger partial charge in [0.15, 0.2) is 11.5 Å². The molecule has 0 spiro atoms. The molecule has 1 aromatic heterocycles. The van der Waals surface area contributed by atoms with Crippen molar-refractivity contribution in [1.82, 2.24) is 15.8 Å². The number of hydrogen-bond acceptors (Lipinski definition) is 6. The Kier molecular flexibility index (Phi) is 6.22. The second-order valence-corrected chi connectivity index (χ2v) is 8.84. The molecule has 1 heterocycles. The topological polar surface area (TPSA) is 131 Å². The maximum atomic E-state index is 12.4. The summed E-state index contributed by atoms with van der Waals surface area (Å²) in [4.78, 5) is 36.2. The number of aliphatic carboxylic acids is 1. The van der Waals surface area contributed by atoms with Crippen LogP contribution in [0.2, 0.25) is 0 Å². The number of carboxylic acid groups (broad SMARTS) is 1. The van der Waals surface area contributed by atoms with E-state index < -0.39 is 24.0 Å². The molecule has 2 aromatic carbocycles. The van der Waals surface area contributed by atoms with E-state index in [0.29, 0.717) is 0 Å². The SMILES string of the molecule is O=C(NCc1cc(C(=O)NC(C(=O)O)C2CCC2)no1)OCC1c2ccccc2-c2ccccc21. The lowest BCUT2D eigenvalue weighted by Gasteiger charge is -2.31. The van der Waals surface area contributed by atoms with Gasteiger partial charge >= 0.3 is 12.1 Å². The van der Waals surface area contributed by atoms with Crippen LogP contribution in [0.4, 0.5) is 4.79 Å². The molecular formula is C26H25N3O6. The Hall–Kier alpha value is -4.14. The Morgan fingerprint density at radius 3 is 2.31 bits per heavy atom. The van der Waals surface area contributed by atoms with Gasteiger partial charge in [-0.25, -0.2) is 9.59 Å². The molecule has 0 bridgehead atoms. The van der Waals surface area contributed by atoms with Crippen LogP contribution in [0.25, 0.3) is 11.1 Å². The summed E-state index contributed by atoms with van der Waals surface area (Å²) in [5, 5.41) is 18.2. The molecule has 1 fully saturated rings. The third kappa shape index (κ3) is 4.62. The molecule has 1 saturated carbocycles. The monoisotopic (exact) mass is 475 g/mol. The highest BCUT2D eigenvalue weighted by Crippen LogP contribution is 2.44. The van der Waals surface area contributed by atoms with E-state index in [0.717, 1.165) is 41.5 Å². The van der Waals surface area contributed by atoms with Crippen LogP contribution in [-0.4, -0.2) is 40.9 Å². The van der Waals surface area contributed by atoms with Crippen molar-refractivity contribution in [2.24, 2.45) is 5.92 Å². The molecule has 2 aliphatic carbocycles. The van der Waals surface area contributed by atoms with Gasteiger partial charge in [-0.05, 0) is 41.0 Å². The summed E-state index contributed by atoms with van der Waals surface area (Å²) in [6.45, 7) is 0.156. The lowest BCUT2D eigenvalue weighted by atomic mass is 9.79. The molecule has 180 valence electrons. The van der Waals surface area contributed by atoms with Crippen molar-refractivity contribution >= 4 is 18.0 Å². The fraction of sp³-hybridized carbons (Fsp3) is 0.308. The molecule has 2 aliphatic rings. The summed E-state index contributed by atoms with van der Waals surface area (Å²) in [6, 6.07) is 16.6. The molecule has 1 atom stereocenters. The van der Waals surface area contributed by atoms with E-state index in [1.54, 1.807) is 0 Å². The fourth-order valence-electron chi connectivity index (χ4n) is 4.68. The number of aromatic nitrogens is 1. The Balaban J connectivity index is 1.14. The van der Waals surface area contributed by atoms with Gasteiger partial charge in [0.2, 0.25) is 0 Å². The minimum atomic E-state index is -1.07. The lowest BCUT2D eigenvalue weighted by molar-refractivity contribution is -0.141. The van der Waals surface area contributed by atoms with Crippen LogP contribution in [0.1, 0.15) is 52.6 Å².